The second-order valence-electron chi connectivity index (χ2n) is 1.97. The molecule has 0 saturated heterocycles. The molecule has 1 rings (SSSR count). The molecule has 0 unspecified atom stereocenters. The number of hydrogen-bond acceptors (Lipinski definition) is 2. The van der Waals surface area contributed by atoms with Crippen molar-refractivity contribution in [3.63, 3.8) is 0 Å². The largest absolute Gasteiger partial charge is 0.323 e. The number of rotatable bonds is 1. The SMILES string of the molecule is CNC.O=[C]c1ccccc1. The summed E-state index contributed by atoms with van der Waals surface area (Å²) in [5, 5.41) is 2.75. The molecule has 0 aliphatic rings. The quantitative estimate of drug-likeness (QED) is 0.646. The van der Waals surface area contributed by atoms with Crippen LogP contribution in [-0.2, 0) is 4.79 Å². The Morgan fingerprint density at radius 3 is 1.91 bits per heavy atom. The Bertz CT molecular complexity index is 184. The summed E-state index contributed by atoms with van der Waals surface area (Å²) >= 11 is 0. The maximum absolute atomic E-state index is 9.88. The molecule has 0 bridgehead atoms. The summed E-state index contributed by atoms with van der Waals surface area (Å²) in [6.45, 7) is 0. The van der Waals surface area contributed by atoms with Gasteiger partial charge in [-0.2, -0.15) is 0 Å². The van der Waals surface area contributed by atoms with Gasteiger partial charge in [0, 0.05) is 5.56 Å². The second-order valence-corrected chi connectivity index (χ2v) is 1.97. The van der Waals surface area contributed by atoms with E-state index < -0.39 is 0 Å². The average Bonchev–Trinajstić information content (AvgIpc) is 2.08. The first-order valence-corrected chi connectivity index (χ1v) is 3.36. The third-order valence-corrected chi connectivity index (χ3v) is 0.892. The third-order valence-electron chi connectivity index (χ3n) is 0.892. The van der Waals surface area contributed by atoms with Gasteiger partial charge in [0.05, 0.1) is 0 Å². The Balaban J connectivity index is 0.000000292. The van der Waals surface area contributed by atoms with Crippen LogP contribution in [0.25, 0.3) is 0 Å². The van der Waals surface area contributed by atoms with Gasteiger partial charge >= 0.3 is 0 Å². The summed E-state index contributed by atoms with van der Waals surface area (Å²) < 4.78 is 0. The molecule has 0 aliphatic heterocycles. The van der Waals surface area contributed by atoms with Crippen LogP contribution in [0.1, 0.15) is 5.56 Å². The number of nitrogens with one attached hydrogen (secondary N) is 1. The van der Waals surface area contributed by atoms with Gasteiger partial charge < -0.3 is 5.32 Å². The van der Waals surface area contributed by atoms with E-state index in [1.54, 1.807) is 30.6 Å². The van der Waals surface area contributed by atoms with Gasteiger partial charge in [-0.25, -0.2) is 0 Å². The van der Waals surface area contributed by atoms with Gasteiger partial charge in [-0.15, -0.1) is 0 Å². The summed E-state index contributed by atoms with van der Waals surface area (Å²) in [5.74, 6) is 0. The lowest BCUT2D eigenvalue weighted by Gasteiger charge is -1.80. The Kier molecular flexibility index (Phi) is 6.24. The van der Waals surface area contributed by atoms with E-state index in [1.807, 2.05) is 20.2 Å². The van der Waals surface area contributed by atoms with E-state index in [4.69, 9.17) is 0 Å². The van der Waals surface area contributed by atoms with Crippen molar-refractivity contribution in [2.24, 2.45) is 0 Å². The van der Waals surface area contributed by atoms with Crippen molar-refractivity contribution >= 4 is 6.29 Å². The first kappa shape index (κ1) is 9.85. The molecule has 0 saturated carbocycles. The topological polar surface area (TPSA) is 29.1 Å². The highest BCUT2D eigenvalue weighted by molar-refractivity contribution is 5.74. The second kappa shape index (κ2) is 6.96. The Labute approximate surface area is 67.2 Å². The monoisotopic (exact) mass is 150 g/mol. The van der Waals surface area contributed by atoms with Crippen molar-refractivity contribution < 1.29 is 4.79 Å². The fourth-order valence-corrected chi connectivity index (χ4v) is 0.506. The van der Waals surface area contributed by atoms with Gasteiger partial charge in [0.2, 0.25) is 6.29 Å². The van der Waals surface area contributed by atoms with Crippen molar-refractivity contribution in [3.8, 4) is 0 Å². The number of benzene rings is 1. The van der Waals surface area contributed by atoms with Gasteiger partial charge in [0.1, 0.15) is 0 Å². The minimum Gasteiger partial charge on any atom is -0.323 e. The zero-order valence-electron chi connectivity index (χ0n) is 6.79. The Morgan fingerprint density at radius 2 is 1.64 bits per heavy atom. The zero-order valence-corrected chi connectivity index (χ0v) is 6.79. The fourth-order valence-electron chi connectivity index (χ4n) is 0.506. The molecule has 0 aromatic heterocycles. The average molecular weight is 150 g/mol. The lowest BCUT2D eigenvalue weighted by atomic mass is 10.2. The molecule has 1 aromatic carbocycles. The van der Waals surface area contributed by atoms with E-state index in [-0.39, 0.29) is 0 Å². The molecule has 59 valence electrons. The van der Waals surface area contributed by atoms with E-state index in [0.717, 1.165) is 0 Å². The van der Waals surface area contributed by atoms with Crippen molar-refractivity contribution in [2.45, 2.75) is 0 Å². The minimum absolute atomic E-state index is 0.604. The maximum Gasteiger partial charge on any atom is 0.233 e. The Morgan fingerprint density at radius 1 is 1.18 bits per heavy atom. The molecule has 0 heterocycles. The van der Waals surface area contributed by atoms with E-state index in [9.17, 15) is 4.79 Å². The van der Waals surface area contributed by atoms with Crippen molar-refractivity contribution in [2.75, 3.05) is 14.1 Å². The van der Waals surface area contributed by atoms with Crippen LogP contribution in [-0.4, -0.2) is 20.4 Å². The summed E-state index contributed by atoms with van der Waals surface area (Å²) in [4.78, 5) is 9.88. The predicted octanol–water partition coefficient (Wildman–Crippen LogP) is 0.980. The molecule has 2 heteroatoms. The minimum atomic E-state index is 0.604. The zero-order chi connectivity index (χ0) is 8.53. The summed E-state index contributed by atoms with van der Waals surface area (Å²) in [5.41, 5.74) is 0.604. The first-order chi connectivity index (χ1) is 5.35. The number of carbonyl (C=O) groups excluding carboxylic acids is 1. The molecule has 0 atom stereocenters. The molecular formula is C9H12NO. The highest BCUT2D eigenvalue weighted by atomic mass is 16.1. The molecule has 0 fully saturated rings. The van der Waals surface area contributed by atoms with Crippen LogP contribution in [0.15, 0.2) is 30.3 Å². The van der Waals surface area contributed by atoms with E-state index >= 15 is 0 Å². The van der Waals surface area contributed by atoms with Crippen LogP contribution >= 0.6 is 0 Å². The van der Waals surface area contributed by atoms with Gasteiger partial charge in [0.15, 0.2) is 0 Å². The summed E-state index contributed by atoms with van der Waals surface area (Å²) in [6, 6.07) is 8.90. The molecule has 1 aromatic rings. The normalized spacial score (nSPS) is 7.82. The lowest BCUT2D eigenvalue weighted by molar-refractivity contribution is 0.563. The fraction of sp³-hybridized carbons (Fsp3) is 0.222. The smallest absolute Gasteiger partial charge is 0.233 e. The first-order valence-electron chi connectivity index (χ1n) is 3.36. The molecule has 1 N–H and O–H groups in total. The molecule has 0 aliphatic carbocycles. The van der Waals surface area contributed by atoms with Crippen LogP contribution in [0.4, 0.5) is 0 Å². The van der Waals surface area contributed by atoms with Gasteiger partial charge in [0.25, 0.3) is 0 Å². The van der Waals surface area contributed by atoms with Gasteiger partial charge in [-0.3, -0.25) is 4.79 Å². The van der Waals surface area contributed by atoms with Crippen molar-refractivity contribution in [3.05, 3.63) is 35.9 Å². The van der Waals surface area contributed by atoms with E-state index in [0.29, 0.717) is 5.56 Å². The van der Waals surface area contributed by atoms with Crippen molar-refractivity contribution in [1.29, 1.82) is 0 Å². The number of hydrogen-bond donors (Lipinski definition) is 1. The standard InChI is InChI=1S/C7H5O.C2H7N/c8-6-7-4-2-1-3-5-7;1-3-2/h1-5H;3H,1-2H3. The summed E-state index contributed by atoms with van der Waals surface area (Å²) in [7, 11) is 3.75. The Hall–Kier alpha value is -1.15. The molecular weight excluding hydrogens is 138 g/mol. The molecule has 0 spiro atoms. The van der Waals surface area contributed by atoms with Crippen LogP contribution in [0.5, 0.6) is 0 Å². The highest BCUT2D eigenvalue weighted by Crippen LogP contribution is 1.91. The van der Waals surface area contributed by atoms with Crippen molar-refractivity contribution in [1.82, 2.24) is 5.32 Å². The highest BCUT2D eigenvalue weighted by Gasteiger charge is 1.81. The van der Waals surface area contributed by atoms with Gasteiger partial charge in [-0.1, -0.05) is 30.3 Å². The molecule has 2 nitrogen and oxygen atoms in total. The van der Waals surface area contributed by atoms with E-state index in [2.05, 4.69) is 5.32 Å². The molecule has 0 amide bonds. The summed E-state index contributed by atoms with van der Waals surface area (Å²) in [6.07, 6.45) is 1.78. The third kappa shape index (κ3) is 5.30. The van der Waals surface area contributed by atoms with Crippen LogP contribution in [0, 0.1) is 0 Å². The van der Waals surface area contributed by atoms with Crippen LogP contribution in [0.2, 0.25) is 0 Å². The lowest BCUT2D eigenvalue weighted by Crippen LogP contribution is -1.89. The van der Waals surface area contributed by atoms with Crippen LogP contribution in [0.3, 0.4) is 0 Å². The van der Waals surface area contributed by atoms with E-state index in [1.165, 1.54) is 0 Å². The van der Waals surface area contributed by atoms with Crippen LogP contribution < -0.4 is 5.32 Å². The molecule has 11 heavy (non-hydrogen) atoms. The molecule has 1 radical (unpaired) electrons. The predicted molar refractivity (Wildman–Crippen MR) is 46.2 cm³/mol. The maximum atomic E-state index is 9.88. The van der Waals surface area contributed by atoms with Gasteiger partial charge in [-0.05, 0) is 14.1 Å².